The Morgan fingerprint density at radius 3 is 2.44 bits per heavy atom. The molecule has 0 fully saturated rings. The third-order valence-electron chi connectivity index (χ3n) is 7.17. The van der Waals surface area contributed by atoms with Gasteiger partial charge in [0.25, 0.3) is 0 Å². The fraction of sp³-hybridized carbons (Fsp3) is 0.303. The molecule has 3 heteroatoms. The minimum Gasteiger partial charge on any atom is -0.301 e. The fourth-order valence-corrected chi connectivity index (χ4v) is 5.10. The maximum Gasteiger partial charge on any atom is 0.213 e. The molecule has 0 bridgehead atoms. The molecule has 36 heavy (non-hydrogen) atoms. The maximum absolute atomic E-state index is 15.3. The Bertz CT molecular complexity index is 1380. The van der Waals surface area contributed by atoms with E-state index >= 15 is 4.39 Å². The van der Waals surface area contributed by atoms with Crippen molar-refractivity contribution >= 4 is 33.8 Å². The summed E-state index contributed by atoms with van der Waals surface area (Å²) < 4.78 is 17.3. The minimum atomic E-state index is -0.184. The number of nitrogens with zero attached hydrogens (tertiary/aromatic N) is 2. The van der Waals surface area contributed by atoms with Crippen LogP contribution in [-0.4, -0.2) is 24.0 Å². The summed E-state index contributed by atoms with van der Waals surface area (Å²) in [6.07, 6.45) is 11.7. The van der Waals surface area contributed by atoms with Crippen LogP contribution in [0.25, 0.3) is 33.8 Å². The average molecular weight is 482 g/mol. The number of aryl methyl sites for hydroxylation is 2. The summed E-state index contributed by atoms with van der Waals surface area (Å²) >= 11 is 0. The number of rotatable bonds is 10. The largest absolute Gasteiger partial charge is 0.301 e. The number of fused-ring (bicyclic) bond motifs is 2. The van der Waals surface area contributed by atoms with E-state index in [-0.39, 0.29) is 5.82 Å². The molecule has 4 aromatic rings. The number of allylic oxidation sites excluding steroid dienone is 2. The molecular formula is C33H38FN2+. The van der Waals surface area contributed by atoms with Crippen molar-refractivity contribution in [2.45, 2.75) is 53.1 Å². The molecule has 1 aromatic heterocycles. The summed E-state index contributed by atoms with van der Waals surface area (Å²) in [5.74, 6) is -0.184. The van der Waals surface area contributed by atoms with Crippen LogP contribution in [0.4, 0.5) is 4.39 Å². The molecule has 0 amide bonds. The zero-order valence-electron chi connectivity index (χ0n) is 22.0. The SMILES string of the molecule is CCN(CC)C(C)CCC[n+]1cc(F)c(/C=C/C=C/c2ccc3cc(C)ccc3c2)c2ccccc21. The molecule has 0 aliphatic rings. The minimum absolute atomic E-state index is 0.184. The van der Waals surface area contributed by atoms with Gasteiger partial charge < -0.3 is 4.90 Å². The third kappa shape index (κ3) is 6.09. The molecule has 1 heterocycles. The van der Waals surface area contributed by atoms with Crippen molar-refractivity contribution in [3.8, 4) is 0 Å². The molecule has 1 atom stereocenters. The van der Waals surface area contributed by atoms with Crippen molar-refractivity contribution in [3.63, 3.8) is 0 Å². The van der Waals surface area contributed by atoms with Gasteiger partial charge in [-0.3, -0.25) is 0 Å². The van der Waals surface area contributed by atoms with Crippen LogP contribution in [0.15, 0.2) is 79.0 Å². The summed E-state index contributed by atoms with van der Waals surface area (Å²) in [6, 6.07) is 21.6. The molecule has 0 aliphatic heterocycles. The third-order valence-corrected chi connectivity index (χ3v) is 7.17. The molecule has 2 nitrogen and oxygen atoms in total. The van der Waals surface area contributed by atoms with Crippen molar-refractivity contribution in [1.82, 2.24) is 4.90 Å². The Morgan fingerprint density at radius 1 is 0.917 bits per heavy atom. The predicted octanol–water partition coefficient (Wildman–Crippen LogP) is 7.97. The molecule has 0 aliphatic carbocycles. The van der Waals surface area contributed by atoms with E-state index in [1.807, 2.05) is 36.4 Å². The molecule has 0 N–H and O–H groups in total. The number of pyridine rings is 1. The van der Waals surface area contributed by atoms with Crippen molar-refractivity contribution in [1.29, 1.82) is 0 Å². The van der Waals surface area contributed by atoms with Crippen LogP contribution in [-0.2, 0) is 6.54 Å². The monoisotopic (exact) mass is 481 g/mol. The summed E-state index contributed by atoms with van der Waals surface area (Å²) in [5, 5.41) is 3.42. The van der Waals surface area contributed by atoms with E-state index in [1.54, 1.807) is 6.20 Å². The van der Waals surface area contributed by atoms with E-state index in [2.05, 4.69) is 85.7 Å². The van der Waals surface area contributed by atoms with Crippen LogP contribution in [0.2, 0.25) is 0 Å². The lowest BCUT2D eigenvalue weighted by molar-refractivity contribution is -0.673. The van der Waals surface area contributed by atoms with Gasteiger partial charge in [-0.15, -0.1) is 0 Å². The van der Waals surface area contributed by atoms with E-state index < -0.39 is 0 Å². The fourth-order valence-electron chi connectivity index (χ4n) is 5.10. The predicted molar refractivity (Wildman–Crippen MR) is 152 cm³/mol. The molecular weight excluding hydrogens is 443 g/mol. The highest BCUT2D eigenvalue weighted by atomic mass is 19.1. The van der Waals surface area contributed by atoms with Gasteiger partial charge in [-0.05, 0) is 61.8 Å². The first-order valence-electron chi connectivity index (χ1n) is 13.2. The van der Waals surface area contributed by atoms with Gasteiger partial charge in [-0.25, -0.2) is 0 Å². The number of hydrogen-bond acceptors (Lipinski definition) is 1. The molecule has 186 valence electrons. The first kappa shape index (κ1) is 25.8. The van der Waals surface area contributed by atoms with Gasteiger partial charge in [-0.1, -0.05) is 86.2 Å². The van der Waals surface area contributed by atoms with Gasteiger partial charge in [-0.2, -0.15) is 8.96 Å². The van der Waals surface area contributed by atoms with Gasteiger partial charge in [0, 0.05) is 24.1 Å². The van der Waals surface area contributed by atoms with E-state index in [0.717, 1.165) is 48.9 Å². The second kappa shape index (κ2) is 12.1. The van der Waals surface area contributed by atoms with Crippen molar-refractivity contribution in [2.75, 3.05) is 13.1 Å². The average Bonchev–Trinajstić information content (AvgIpc) is 2.88. The van der Waals surface area contributed by atoms with E-state index in [9.17, 15) is 0 Å². The van der Waals surface area contributed by atoms with Gasteiger partial charge in [0.1, 0.15) is 6.54 Å². The Morgan fingerprint density at radius 2 is 1.64 bits per heavy atom. The van der Waals surface area contributed by atoms with Crippen LogP contribution < -0.4 is 4.57 Å². The lowest BCUT2D eigenvalue weighted by Gasteiger charge is -2.25. The molecule has 0 saturated carbocycles. The Labute approximate surface area is 215 Å². The van der Waals surface area contributed by atoms with E-state index in [1.165, 1.54) is 16.3 Å². The van der Waals surface area contributed by atoms with Gasteiger partial charge in [0.15, 0.2) is 5.82 Å². The highest BCUT2D eigenvalue weighted by molar-refractivity contribution is 5.87. The van der Waals surface area contributed by atoms with Crippen molar-refractivity contribution in [3.05, 3.63) is 102 Å². The molecule has 0 spiro atoms. The summed E-state index contributed by atoms with van der Waals surface area (Å²) in [4.78, 5) is 2.48. The first-order chi connectivity index (χ1) is 17.5. The zero-order chi connectivity index (χ0) is 25.5. The van der Waals surface area contributed by atoms with E-state index in [0.29, 0.717) is 11.6 Å². The highest BCUT2D eigenvalue weighted by Crippen LogP contribution is 2.21. The van der Waals surface area contributed by atoms with Gasteiger partial charge in [0.05, 0.1) is 5.39 Å². The smallest absolute Gasteiger partial charge is 0.213 e. The topological polar surface area (TPSA) is 7.12 Å². The number of halogens is 1. The van der Waals surface area contributed by atoms with Gasteiger partial charge in [0.2, 0.25) is 11.7 Å². The quantitative estimate of drug-likeness (QED) is 0.165. The van der Waals surface area contributed by atoms with Crippen LogP contribution in [0.5, 0.6) is 0 Å². The number of hydrogen-bond donors (Lipinski definition) is 0. The van der Waals surface area contributed by atoms with Crippen LogP contribution in [0.3, 0.4) is 0 Å². The molecule has 1 unspecified atom stereocenters. The summed E-state index contributed by atoms with van der Waals surface area (Å²) in [6.45, 7) is 11.8. The lowest BCUT2D eigenvalue weighted by Crippen LogP contribution is -2.37. The van der Waals surface area contributed by atoms with Crippen LogP contribution >= 0.6 is 0 Å². The molecule has 0 saturated heterocycles. The Balaban J connectivity index is 1.50. The van der Waals surface area contributed by atoms with E-state index in [4.69, 9.17) is 0 Å². The summed E-state index contributed by atoms with van der Waals surface area (Å²) in [5.41, 5.74) is 4.10. The summed E-state index contributed by atoms with van der Waals surface area (Å²) in [7, 11) is 0. The second-order valence-corrected chi connectivity index (χ2v) is 9.64. The number of aromatic nitrogens is 1. The Hall–Kier alpha value is -3.30. The number of benzene rings is 3. The molecule has 0 radical (unpaired) electrons. The van der Waals surface area contributed by atoms with Crippen molar-refractivity contribution in [2.24, 2.45) is 0 Å². The standard InChI is InChI=1S/C33H38FN2/c1-5-35(6-2)26(4)12-11-21-36-24-32(34)30(31-15-9-10-16-33(31)36)14-8-7-13-27-18-20-28-22-25(3)17-19-29(28)23-27/h7-10,13-20,22-24,26H,5-6,11-12,21H2,1-4H3/q+1/b13-7+,14-8+. The molecule has 3 aromatic carbocycles. The zero-order valence-corrected chi connectivity index (χ0v) is 22.0. The molecule has 4 rings (SSSR count). The maximum atomic E-state index is 15.3. The lowest BCUT2D eigenvalue weighted by atomic mass is 10.0. The van der Waals surface area contributed by atoms with Gasteiger partial charge >= 0.3 is 0 Å². The van der Waals surface area contributed by atoms with Crippen molar-refractivity contribution < 1.29 is 8.96 Å². The number of para-hydroxylation sites is 1. The second-order valence-electron chi connectivity index (χ2n) is 9.64. The van der Waals surface area contributed by atoms with Crippen LogP contribution in [0.1, 0.15) is 50.3 Å². The van der Waals surface area contributed by atoms with Crippen LogP contribution in [0, 0.1) is 12.7 Å². The highest BCUT2D eigenvalue weighted by Gasteiger charge is 2.17. The first-order valence-corrected chi connectivity index (χ1v) is 13.2. The normalized spacial score (nSPS) is 13.1. The Kier molecular flexibility index (Phi) is 8.66.